The van der Waals surface area contributed by atoms with Crippen molar-refractivity contribution in [3.63, 3.8) is 0 Å². The second-order valence-corrected chi connectivity index (χ2v) is 6.01. The zero-order valence-electron chi connectivity index (χ0n) is 11.8. The molecular formula is C14H18N2O3S. The lowest BCUT2D eigenvalue weighted by Crippen LogP contribution is -2.22. The zero-order valence-corrected chi connectivity index (χ0v) is 12.6. The Morgan fingerprint density at radius 2 is 2.20 bits per heavy atom. The Hall–Kier alpha value is -1.66. The Kier molecular flexibility index (Phi) is 4.57. The molecule has 0 saturated heterocycles. The summed E-state index contributed by atoms with van der Waals surface area (Å²) in [7, 11) is 0. The summed E-state index contributed by atoms with van der Waals surface area (Å²) < 4.78 is 5.37. The molecule has 108 valence electrons. The summed E-state index contributed by atoms with van der Waals surface area (Å²) in [5.74, 6) is 0.379. The first-order chi connectivity index (χ1) is 9.52. The van der Waals surface area contributed by atoms with E-state index < -0.39 is 4.92 Å². The molecule has 0 amide bonds. The average molecular weight is 294 g/mol. The number of nitrogens with zero attached hydrogens (tertiary/aromatic N) is 1. The Morgan fingerprint density at radius 3 is 2.70 bits per heavy atom. The van der Waals surface area contributed by atoms with Crippen molar-refractivity contribution in [1.29, 1.82) is 0 Å². The van der Waals surface area contributed by atoms with Gasteiger partial charge in [-0.3, -0.25) is 10.1 Å². The number of thiophene rings is 1. The second-order valence-electron chi connectivity index (χ2n) is 4.72. The summed E-state index contributed by atoms with van der Waals surface area (Å²) in [6.07, 6.45) is 0.989. The minimum absolute atomic E-state index is 0.123. The molecule has 6 heteroatoms. The molecule has 0 radical (unpaired) electrons. The quantitative estimate of drug-likeness (QED) is 0.647. The van der Waals surface area contributed by atoms with E-state index in [4.69, 9.17) is 4.42 Å². The minimum atomic E-state index is -0.507. The van der Waals surface area contributed by atoms with Crippen molar-refractivity contribution in [3.8, 4) is 0 Å². The molecular weight excluding hydrogens is 276 g/mol. The number of nitrogens with one attached hydrogen (secondary N) is 1. The predicted octanol–water partition coefficient (Wildman–Crippen LogP) is 3.96. The fraction of sp³-hybridized carbons (Fsp3) is 0.429. The number of aryl methyl sites for hydroxylation is 2. The Morgan fingerprint density at radius 1 is 1.45 bits per heavy atom. The van der Waals surface area contributed by atoms with Gasteiger partial charge in [-0.15, -0.1) is 11.3 Å². The SMILES string of the molecule is CCCNC(c1ccc([N+](=O)[O-])o1)c1sc(C)cc1C. The summed E-state index contributed by atoms with van der Waals surface area (Å²) >= 11 is 1.69. The van der Waals surface area contributed by atoms with Crippen molar-refractivity contribution < 1.29 is 9.34 Å². The number of rotatable bonds is 6. The van der Waals surface area contributed by atoms with Crippen LogP contribution in [0.15, 0.2) is 22.6 Å². The lowest BCUT2D eigenvalue weighted by atomic mass is 10.1. The summed E-state index contributed by atoms with van der Waals surface area (Å²) in [6, 6.07) is 5.09. The van der Waals surface area contributed by atoms with E-state index in [1.807, 2.05) is 0 Å². The molecule has 0 aliphatic carbocycles. The number of hydrogen-bond acceptors (Lipinski definition) is 5. The van der Waals surface area contributed by atoms with Crippen LogP contribution < -0.4 is 5.32 Å². The monoisotopic (exact) mass is 294 g/mol. The molecule has 2 aromatic rings. The van der Waals surface area contributed by atoms with E-state index in [1.54, 1.807) is 17.4 Å². The smallest absolute Gasteiger partial charge is 0.404 e. The van der Waals surface area contributed by atoms with Gasteiger partial charge in [-0.2, -0.15) is 0 Å². The molecule has 1 atom stereocenters. The molecule has 1 unspecified atom stereocenters. The molecule has 2 heterocycles. The fourth-order valence-electron chi connectivity index (χ4n) is 2.15. The minimum Gasteiger partial charge on any atom is -0.404 e. The van der Waals surface area contributed by atoms with Gasteiger partial charge in [0.05, 0.1) is 6.07 Å². The highest BCUT2D eigenvalue weighted by atomic mass is 32.1. The molecule has 1 N–H and O–H groups in total. The zero-order chi connectivity index (χ0) is 14.7. The van der Waals surface area contributed by atoms with Gasteiger partial charge in [0.25, 0.3) is 0 Å². The maximum Gasteiger partial charge on any atom is 0.433 e. The molecule has 20 heavy (non-hydrogen) atoms. The van der Waals surface area contributed by atoms with Crippen LogP contribution in [0.4, 0.5) is 5.88 Å². The van der Waals surface area contributed by atoms with Crippen molar-refractivity contribution in [2.45, 2.75) is 33.2 Å². The van der Waals surface area contributed by atoms with Crippen LogP contribution in [0, 0.1) is 24.0 Å². The standard InChI is InChI=1S/C14H18N2O3S/c1-4-7-15-13(14-9(2)8-10(3)20-14)11-5-6-12(19-11)16(17)18/h5-6,8,13,15H,4,7H2,1-3H3. The molecule has 2 aromatic heterocycles. The van der Waals surface area contributed by atoms with Crippen LogP contribution in [-0.4, -0.2) is 11.5 Å². The van der Waals surface area contributed by atoms with Gasteiger partial charge in [0, 0.05) is 9.75 Å². The Bertz CT molecular complexity index is 603. The van der Waals surface area contributed by atoms with Crippen LogP contribution in [0.1, 0.15) is 40.5 Å². The van der Waals surface area contributed by atoms with E-state index in [0.717, 1.165) is 17.8 Å². The van der Waals surface area contributed by atoms with E-state index in [-0.39, 0.29) is 11.9 Å². The highest BCUT2D eigenvalue weighted by molar-refractivity contribution is 7.12. The van der Waals surface area contributed by atoms with Gasteiger partial charge in [0.1, 0.15) is 16.7 Å². The third-order valence-electron chi connectivity index (χ3n) is 3.02. The van der Waals surface area contributed by atoms with Crippen molar-refractivity contribution in [3.05, 3.63) is 49.4 Å². The molecule has 0 spiro atoms. The van der Waals surface area contributed by atoms with E-state index in [1.165, 1.54) is 16.5 Å². The van der Waals surface area contributed by atoms with Crippen LogP contribution in [0.2, 0.25) is 0 Å². The summed E-state index contributed by atoms with van der Waals surface area (Å²) in [4.78, 5) is 12.6. The average Bonchev–Trinajstić information content (AvgIpc) is 2.98. The number of hydrogen-bond donors (Lipinski definition) is 1. The highest BCUT2D eigenvalue weighted by Gasteiger charge is 2.23. The number of furan rings is 1. The lowest BCUT2D eigenvalue weighted by Gasteiger charge is -2.15. The van der Waals surface area contributed by atoms with Gasteiger partial charge >= 0.3 is 5.88 Å². The van der Waals surface area contributed by atoms with Crippen LogP contribution >= 0.6 is 11.3 Å². The third-order valence-corrected chi connectivity index (χ3v) is 4.23. The predicted molar refractivity (Wildman–Crippen MR) is 79.3 cm³/mol. The Balaban J connectivity index is 2.35. The topological polar surface area (TPSA) is 68.3 Å². The van der Waals surface area contributed by atoms with E-state index in [2.05, 4.69) is 32.2 Å². The first-order valence-corrected chi connectivity index (χ1v) is 7.39. The van der Waals surface area contributed by atoms with Crippen molar-refractivity contribution in [1.82, 2.24) is 5.32 Å². The maximum absolute atomic E-state index is 10.8. The highest BCUT2D eigenvalue weighted by Crippen LogP contribution is 2.33. The Labute approximate surface area is 121 Å². The summed E-state index contributed by atoms with van der Waals surface area (Å²) in [6.45, 7) is 7.02. The van der Waals surface area contributed by atoms with Crippen LogP contribution in [0.25, 0.3) is 0 Å². The van der Waals surface area contributed by atoms with Gasteiger partial charge in [-0.1, -0.05) is 6.92 Å². The summed E-state index contributed by atoms with van der Waals surface area (Å²) in [5.41, 5.74) is 1.18. The number of nitro groups is 1. The molecule has 0 aromatic carbocycles. The van der Waals surface area contributed by atoms with Gasteiger partial charge in [0.15, 0.2) is 0 Å². The lowest BCUT2D eigenvalue weighted by molar-refractivity contribution is -0.402. The van der Waals surface area contributed by atoms with Crippen molar-refractivity contribution in [2.24, 2.45) is 0 Å². The summed E-state index contributed by atoms with van der Waals surface area (Å²) in [5, 5.41) is 14.2. The molecule has 0 aliphatic rings. The first kappa shape index (κ1) is 14.7. The molecule has 5 nitrogen and oxygen atoms in total. The molecule has 0 fully saturated rings. The maximum atomic E-state index is 10.8. The molecule has 2 rings (SSSR count). The van der Waals surface area contributed by atoms with Crippen molar-refractivity contribution in [2.75, 3.05) is 6.54 Å². The fourth-order valence-corrected chi connectivity index (χ4v) is 3.27. The van der Waals surface area contributed by atoms with Crippen LogP contribution in [0.3, 0.4) is 0 Å². The molecule has 0 aliphatic heterocycles. The van der Waals surface area contributed by atoms with E-state index >= 15 is 0 Å². The van der Waals surface area contributed by atoms with Gasteiger partial charge in [-0.25, -0.2) is 0 Å². The van der Waals surface area contributed by atoms with Crippen LogP contribution in [0.5, 0.6) is 0 Å². The van der Waals surface area contributed by atoms with Gasteiger partial charge in [0.2, 0.25) is 0 Å². The van der Waals surface area contributed by atoms with E-state index in [9.17, 15) is 10.1 Å². The van der Waals surface area contributed by atoms with Gasteiger partial charge in [-0.05, 0) is 44.5 Å². The first-order valence-electron chi connectivity index (χ1n) is 6.57. The van der Waals surface area contributed by atoms with Crippen LogP contribution in [-0.2, 0) is 0 Å². The second kappa shape index (κ2) is 6.19. The van der Waals surface area contributed by atoms with Gasteiger partial charge < -0.3 is 9.73 Å². The normalized spacial score (nSPS) is 12.6. The van der Waals surface area contributed by atoms with Crippen molar-refractivity contribution >= 4 is 17.2 Å². The third kappa shape index (κ3) is 3.08. The molecule has 0 bridgehead atoms. The van der Waals surface area contributed by atoms with E-state index in [0.29, 0.717) is 5.76 Å². The molecule has 0 saturated carbocycles. The largest absolute Gasteiger partial charge is 0.433 e.